The topological polar surface area (TPSA) is 83.5 Å². The van der Waals surface area contributed by atoms with Crippen molar-refractivity contribution >= 4 is 31.2 Å². The highest BCUT2D eigenvalue weighted by molar-refractivity contribution is 7.80. The van der Waals surface area contributed by atoms with Crippen molar-refractivity contribution in [2.75, 3.05) is 13.7 Å². The molecular formula is C14H22N2O4SSi. The molecule has 0 fully saturated rings. The van der Waals surface area contributed by atoms with Crippen LogP contribution in [-0.2, 0) is 16.2 Å². The van der Waals surface area contributed by atoms with Crippen LogP contribution in [0.2, 0.25) is 25.7 Å². The number of hydrogen-bond acceptors (Lipinski definition) is 5. The number of rotatable bonds is 7. The average Bonchev–Trinajstić information content (AvgIpc) is 2.42. The molecule has 22 heavy (non-hydrogen) atoms. The van der Waals surface area contributed by atoms with E-state index in [4.69, 9.17) is 22.7 Å². The zero-order valence-corrected chi connectivity index (χ0v) is 15.2. The standard InChI is InChI=1S/C14H22N2O4SSi/c1-19-14(18)10-7-11(12(15)21)13(17)16(8-10)9-20-5-6-22(2,3)4/h7-8H,5-6,9H2,1-4H3,(H2,15,21). The number of carbonyl (C=O) groups is 1. The lowest BCUT2D eigenvalue weighted by Crippen LogP contribution is -2.31. The summed E-state index contributed by atoms with van der Waals surface area (Å²) in [5.41, 5.74) is 5.47. The van der Waals surface area contributed by atoms with Crippen LogP contribution in [0.5, 0.6) is 0 Å². The Labute approximate surface area is 136 Å². The maximum absolute atomic E-state index is 12.2. The summed E-state index contributed by atoms with van der Waals surface area (Å²) in [6, 6.07) is 2.33. The number of aromatic nitrogens is 1. The quantitative estimate of drug-likeness (QED) is 0.351. The van der Waals surface area contributed by atoms with Crippen molar-refractivity contribution in [1.29, 1.82) is 0 Å². The fraction of sp³-hybridized carbons (Fsp3) is 0.500. The van der Waals surface area contributed by atoms with Gasteiger partial charge in [-0.25, -0.2) is 4.79 Å². The molecule has 0 bridgehead atoms. The average molecular weight is 342 g/mol. The first-order valence-corrected chi connectivity index (χ1v) is 11.0. The zero-order chi connectivity index (χ0) is 16.9. The van der Waals surface area contributed by atoms with Crippen LogP contribution >= 0.6 is 12.2 Å². The number of pyridine rings is 1. The number of carbonyl (C=O) groups excluding carboxylic acids is 1. The van der Waals surface area contributed by atoms with Crippen LogP contribution in [0, 0.1) is 0 Å². The van der Waals surface area contributed by atoms with E-state index in [0.717, 1.165) is 6.04 Å². The molecular weight excluding hydrogens is 320 g/mol. The Morgan fingerprint density at radius 1 is 1.41 bits per heavy atom. The highest BCUT2D eigenvalue weighted by Gasteiger charge is 2.15. The molecule has 0 spiro atoms. The molecule has 0 unspecified atom stereocenters. The molecule has 1 heterocycles. The van der Waals surface area contributed by atoms with Crippen molar-refractivity contribution in [1.82, 2.24) is 4.57 Å². The largest absolute Gasteiger partial charge is 0.465 e. The summed E-state index contributed by atoms with van der Waals surface area (Å²) in [7, 11) is 0.0669. The first-order valence-electron chi connectivity index (χ1n) is 6.86. The van der Waals surface area contributed by atoms with Crippen LogP contribution in [0.4, 0.5) is 0 Å². The predicted molar refractivity (Wildman–Crippen MR) is 92.0 cm³/mol. The smallest absolute Gasteiger partial charge is 0.339 e. The summed E-state index contributed by atoms with van der Waals surface area (Å²) in [5.74, 6) is -0.562. The van der Waals surface area contributed by atoms with Gasteiger partial charge in [-0.2, -0.15) is 0 Å². The van der Waals surface area contributed by atoms with E-state index in [9.17, 15) is 9.59 Å². The van der Waals surface area contributed by atoms with Crippen LogP contribution in [0.15, 0.2) is 17.1 Å². The summed E-state index contributed by atoms with van der Waals surface area (Å²) >= 11 is 4.85. The van der Waals surface area contributed by atoms with Gasteiger partial charge < -0.3 is 15.2 Å². The summed E-state index contributed by atoms with van der Waals surface area (Å²) in [6.07, 6.45) is 1.39. The van der Waals surface area contributed by atoms with Gasteiger partial charge in [-0.05, 0) is 12.1 Å². The van der Waals surface area contributed by atoms with Gasteiger partial charge in [0.15, 0.2) is 0 Å². The van der Waals surface area contributed by atoms with E-state index in [1.807, 2.05) is 0 Å². The molecule has 6 nitrogen and oxygen atoms in total. The molecule has 0 atom stereocenters. The summed E-state index contributed by atoms with van der Waals surface area (Å²) in [5, 5.41) is 0. The number of nitrogens with zero attached hydrogens (tertiary/aromatic N) is 1. The molecule has 1 aromatic heterocycles. The first-order chi connectivity index (χ1) is 10.2. The van der Waals surface area contributed by atoms with Crippen molar-refractivity contribution in [3.8, 4) is 0 Å². The van der Waals surface area contributed by atoms with E-state index in [-0.39, 0.29) is 28.4 Å². The second-order valence-corrected chi connectivity index (χ2v) is 12.2. The lowest BCUT2D eigenvalue weighted by Gasteiger charge is -2.16. The van der Waals surface area contributed by atoms with Crippen LogP contribution in [-0.4, -0.2) is 37.3 Å². The van der Waals surface area contributed by atoms with Gasteiger partial charge in [-0.15, -0.1) is 0 Å². The third-order valence-electron chi connectivity index (χ3n) is 3.00. The van der Waals surface area contributed by atoms with Gasteiger partial charge in [0.1, 0.15) is 11.7 Å². The molecule has 8 heteroatoms. The van der Waals surface area contributed by atoms with Crippen molar-refractivity contribution in [2.24, 2.45) is 5.73 Å². The minimum absolute atomic E-state index is 0.0454. The van der Waals surface area contributed by atoms with Gasteiger partial charge in [-0.3, -0.25) is 9.36 Å². The summed E-state index contributed by atoms with van der Waals surface area (Å²) < 4.78 is 11.5. The molecule has 1 rings (SSSR count). The van der Waals surface area contributed by atoms with Crippen molar-refractivity contribution < 1.29 is 14.3 Å². The van der Waals surface area contributed by atoms with E-state index in [1.165, 1.54) is 23.9 Å². The molecule has 0 saturated carbocycles. The molecule has 0 aliphatic heterocycles. The maximum Gasteiger partial charge on any atom is 0.339 e. The molecule has 0 amide bonds. The van der Waals surface area contributed by atoms with Gasteiger partial charge in [0.05, 0.1) is 18.2 Å². The van der Waals surface area contributed by atoms with Crippen LogP contribution in [0.1, 0.15) is 15.9 Å². The van der Waals surface area contributed by atoms with Crippen molar-refractivity contribution in [3.63, 3.8) is 0 Å². The van der Waals surface area contributed by atoms with E-state index in [2.05, 4.69) is 24.4 Å². The fourth-order valence-corrected chi connectivity index (χ4v) is 2.58. The lowest BCUT2D eigenvalue weighted by atomic mass is 10.2. The maximum atomic E-state index is 12.2. The second-order valence-electron chi connectivity index (χ2n) is 6.12. The zero-order valence-electron chi connectivity index (χ0n) is 13.3. The summed E-state index contributed by atoms with van der Waals surface area (Å²) in [6.45, 7) is 7.33. The number of ether oxygens (including phenoxy) is 2. The Morgan fingerprint density at radius 2 is 2.05 bits per heavy atom. The second kappa shape index (κ2) is 7.66. The Morgan fingerprint density at radius 3 is 2.55 bits per heavy atom. The van der Waals surface area contributed by atoms with Crippen molar-refractivity contribution in [2.45, 2.75) is 32.4 Å². The molecule has 0 aliphatic carbocycles. The van der Waals surface area contributed by atoms with Crippen LogP contribution < -0.4 is 11.3 Å². The molecule has 0 aromatic carbocycles. The van der Waals surface area contributed by atoms with Gasteiger partial charge >= 0.3 is 5.97 Å². The Bertz CT molecular complexity index is 622. The molecule has 0 saturated heterocycles. The Balaban J connectivity index is 2.97. The number of hydrogen-bond donors (Lipinski definition) is 1. The Hall–Kier alpha value is -1.51. The van der Waals surface area contributed by atoms with E-state index < -0.39 is 14.0 Å². The number of nitrogens with two attached hydrogens (primary N) is 1. The minimum Gasteiger partial charge on any atom is -0.465 e. The third-order valence-corrected chi connectivity index (χ3v) is 4.92. The number of thiocarbonyl (C=S) groups is 1. The van der Waals surface area contributed by atoms with Crippen molar-refractivity contribution in [3.05, 3.63) is 33.7 Å². The predicted octanol–water partition coefficient (Wildman–Crippen LogP) is 1.58. The fourth-order valence-electron chi connectivity index (χ4n) is 1.68. The molecule has 2 N–H and O–H groups in total. The first kappa shape index (κ1) is 18.5. The minimum atomic E-state index is -1.20. The highest BCUT2D eigenvalue weighted by atomic mass is 32.1. The van der Waals surface area contributed by atoms with Gasteiger partial charge in [0.2, 0.25) is 0 Å². The molecule has 122 valence electrons. The Kier molecular flexibility index (Phi) is 6.45. The van der Waals surface area contributed by atoms with E-state index >= 15 is 0 Å². The van der Waals surface area contributed by atoms with Gasteiger partial charge in [0, 0.05) is 20.9 Å². The van der Waals surface area contributed by atoms with Crippen LogP contribution in [0.25, 0.3) is 0 Å². The SMILES string of the molecule is COC(=O)c1cc(C(N)=S)c(=O)n(COCC[Si](C)(C)C)c1. The monoisotopic (exact) mass is 342 g/mol. The lowest BCUT2D eigenvalue weighted by molar-refractivity contribution is 0.0595. The number of methoxy groups -OCH3 is 1. The van der Waals surface area contributed by atoms with Gasteiger partial charge in [0.25, 0.3) is 5.56 Å². The highest BCUT2D eigenvalue weighted by Crippen LogP contribution is 2.08. The van der Waals surface area contributed by atoms with Gasteiger partial charge in [-0.1, -0.05) is 31.9 Å². The normalized spacial score (nSPS) is 11.3. The van der Waals surface area contributed by atoms with Crippen LogP contribution in [0.3, 0.4) is 0 Å². The van der Waals surface area contributed by atoms with E-state index in [0.29, 0.717) is 6.61 Å². The molecule has 1 aromatic rings. The molecule has 0 radical (unpaired) electrons. The summed E-state index contributed by atoms with van der Waals surface area (Å²) in [4.78, 5) is 23.8. The molecule has 0 aliphatic rings. The third kappa shape index (κ3) is 5.36. The number of esters is 1. The van der Waals surface area contributed by atoms with E-state index in [1.54, 1.807) is 0 Å².